The highest BCUT2D eigenvalue weighted by molar-refractivity contribution is 7.88. The van der Waals surface area contributed by atoms with Gasteiger partial charge in [0.2, 0.25) is 0 Å². The van der Waals surface area contributed by atoms with E-state index in [-0.39, 0.29) is 5.58 Å². The predicted molar refractivity (Wildman–Crippen MR) is 196 cm³/mol. The molecule has 0 aliphatic carbocycles. The number of para-hydroxylation sites is 4. The maximum atomic E-state index is 13.7. The number of fused-ring (bicyclic) bond motifs is 5. The molecule has 0 saturated heterocycles. The fraction of sp³-hybridized carbons (Fsp3) is 0.0244. The summed E-state index contributed by atoms with van der Waals surface area (Å²) in [7, 11) is -6.04. The summed E-state index contributed by atoms with van der Waals surface area (Å²) in [6.45, 7) is 0. The van der Waals surface area contributed by atoms with Gasteiger partial charge in [0.1, 0.15) is 5.58 Å². The third-order valence-electron chi connectivity index (χ3n) is 8.57. The van der Waals surface area contributed by atoms with Gasteiger partial charge in [-0.25, -0.2) is 0 Å². The largest absolute Gasteiger partial charge is 0.534 e. The van der Waals surface area contributed by atoms with E-state index < -0.39 is 21.4 Å². The summed E-state index contributed by atoms with van der Waals surface area (Å²) in [4.78, 5) is 4.02. The highest BCUT2D eigenvalue weighted by atomic mass is 32.2. The molecule has 6 nitrogen and oxygen atoms in total. The Balaban J connectivity index is 1.50. The average Bonchev–Trinajstić information content (AvgIpc) is 3.54. The molecule has 1 aromatic heterocycles. The molecule has 0 N–H and O–H groups in total. The van der Waals surface area contributed by atoms with E-state index in [0.717, 1.165) is 39.2 Å². The summed E-state index contributed by atoms with van der Waals surface area (Å²) in [5.41, 5.74) is -0.959. The summed E-state index contributed by atoms with van der Waals surface area (Å²) >= 11 is 0. The zero-order valence-corrected chi connectivity index (χ0v) is 27.5. The van der Waals surface area contributed by atoms with Gasteiger partial charge in [0.05, 0.1) is 16.8 Å². The van der Waals surface area contributed by atoms with E-state index in [0.29, 0.717) is 22.0 Å². The fourth-order valence-corrected chi connectivity index (χ4v) is 6.90. The van der Waals surface area contributed by atoms with Crippen molar-refractivity contribution in [1.29, 1.82) is 0 Å². The zero-order chi connectivity index (χ0) is 35.2. The number of hydrogen-bond donors (Lipinski definition) is 0. The standard InChI is InChI=1S/C41H27F3N2O4S/c42-41(43,44)51(47,48)50-36-26-25-34(45(28-15-5-1-6-16-28)29-17-7-2-8-18-29)39-38-33-24-14-13-23-32(33)35(27-37(38)49-40(36)39)46(30-19-9-3-10-20-30)31-21-11-4-12-22-31/h1-27H. The van der Waals surface area contributed by atoms with Gasteiger partial charge in [0, 0.05) is 39.6 Å². The number of halogens is 3. The van der Waals surface area contributed by atoms with E-state index in [1.54, 1.807) is 6.07 Å². The first-order valence-corrected chi connectivity index (χ1v) is 17.3. The Bertz CT molecular complexity index is 2540. The van der Waals surface area contributed by atoms with Crippen LogP contribution in [-0.2, 0) is 10.1 Å². The van der Waals surface area contributed by atoms with Crippen molar-refractivity contribution in [3.8, 4) is 5.75 Å². The van der Waals surface area contributed by atoms with Gasteiger partial charge < -0.3 is 18.4 Å². The molecule has 51 heavy (non-hydrogen) atoms. The Morgan fingerprint density at radius 2 is 0.941 bits per heavy atom. The normalized spacial score (nSPS) is 12.0. The molecule has 7 aromatic carbocycles. The molecule has 0 saturated carbocycles. The summed E-state index contributed by atoms with van der Waals surface area (Å²) < 4.78 is 77.2. The summed E-state index contributed by atoms with van der Waals surface area (Å²) in [6.07, 6.45) is 0. The van der Waals surface area contributed by atoms with Gasteiger partial charge in [0.25, 0.3) is 0 Å². The van der Waals surface area contributed by atoms with E-state index in [1.807, 2.05) is 157 Å². The number of furan rings is 1. The fourth-order valence-electron chi connectivity index (χ4n) is 6.44. The van der Waals surface area contributed by atoms with Crippen LogP contribution < -0.4 is 14.0 Å². The van der Waals surface area contributed by atoms with E-state index >= 15 is 0 Å². The van der Waals surface area contributed by atoms with Crippen molar-refractivity contribution in [3.05, 3.63) is 164 Å². The average molecular weight is 701 g/mol. The van der Waals surface area contributed by atoms with Crippen LogP contribution in [0.2, 0.25) is 0 Å². The maximum Gasteiger partial charge on any atom is 0.534 e. The minimum atomic E-state index is -6.04. The molecule has 8 rings (SSSR count). The minimum Gasteiger partial charge on any atom is -0.452 e. The van der Waals surface area contributed by atoms with Crippen LogP contribution >= 0.6 is 0 Å². The Morgan fingerprint density at radius 3 is 1.41 bits per heavy atom. The van der Waals surface area contributed by atoms with Crippen LogP contribution in [0.5, 0.6) is 5.75 Å². The molecule has 252 valence electrons. The number of hydrogen-bond acceptors (Lipinski definition) is 6. The lowest BCUT2D eigenvalue weighted by atomic mass is 9.99. The van der Waals surface area contributed by atoms with Crippen molar-refractivity contribution in [1.82, 2.24) is 0 Å². The summed E-state index contributed by atoms with van der Waals surface area (Å²) in [6, 6.07) is 50.7. The molecule has 0 aliphatic heterocycles. The first-order chi connectivity index (χ1) is 24.7. The van der Waals surface area contributed by atoms with Gasteiger partial charge in [-0.3, -0.25) is 0 Å². The molecule has 0 radical (unpaired) electrons. The maximum absolute atomic E-state index is 13.7. The molecule has 10 heteroatoms. The van der Waals surface area contributed by atoms with Crippen molar-refractivity contribution < 1.29 is 30.2 Å². The Hall–Kier alpha value is -6.26. The zero-order valence-electron chi connectivity index (χ0n) is 26.7. The van der Waals surface area contributed by atoms with E-state index in [4.69, 9.17) is 8.60 Å². The van der Waals surface area contributed by atoms with Crippen LogP contribution in [0.4, 0.5) is 47.3 Å². The van der Waals surface area contributed by atoms with Crippen LogP contribution in [0, 0.1) is 0 Å². The molecule has 1 heterocycles. The van der Waals surface area contributed by atoms with Crippen molar-refractivity contribution in [2.45, 2.75) is 5.51 Å². The molecule has 8 aromatic rings. The Morgan fingerprint density at radius 1 is 0.510 bits per heavy atom. The summed E-state index contributed by atoms with van der Waals surface area (Å²) in [5.74, 6) is -0.586. The van der Waals surface area contributed by atoms with Gasteiger partial charge in [-0.15, -0.1) is 0 Å². The van der Waals surface area contributed by atoms with Gasteiger partial charge in [0.15, 0.2) is 11.3 Å². The third kappa shape index (κ3) is 5.69. The molecular formula is C41H27F3N2O4S. The van der Waals surface area contributed by atoms with E-state index in [9.17, 15) is 21.6 Å². The van der Waals surface area contributed by atoms with Gasteiger partial charge in [-0.05, 0) is 66.0 Å². The Labute approximate surface area is 291 Å². The van der Waals surface area contributed by atoms with Crippen molar-refractivity contribution in [2.24, 2.45) is 0 Å². The lowest BCUT2D eigenvalue weighted by molar-refractivity contribution is -0.0499. The van der Waals surface area contributed by atoms with Crippen LogP contribution in [0.3, 0.4) is 0 Å². The van der Waals surface area contributed by atoms with Crippen LogP contribution in [0.25, 0.3) is 32.7 Å². The van der Waals surface area contributed by atoms with Gasteiger partial charge in [-0.2, -0.15) is 21.6 Å². The first kappa shape index (κ1) is 32.0. The van der Waals surface area contributed by atoms with Crippen LogP contribution in [0.15, 0.2) is 168 Å². The molecule has 0 bridgehead atoms. The van der Waals surface area contributed by atoms with E-state index in [1.165, 1.54) is 6.07 Å². The monoisotopic (exact) mass is 700 g/mol. The molecule has 0 unspecified atom stereocenters. The number of alkyl halides is 3. The topological polar surface area (TPSA) is 63.0 Å². The second kappa shape index (κ2) is 12.6. The quantitative estimate of drug-likeness (QED) is 0.116. The summed E-state index contributed by atoms with van der Waals surface area (Å²) in [5, 5.41) is 2.51. The number of anilines is 6. The van der Waals surface area contributed by atoms with Crippen molar-refractivity contribution in [3.63, 3.8) is 0 Å². The van der Waals surface area contributed by atoms with Gasteiger partial charge in [-0.1, -0.05) is 97.1 Å². The van der Waals surface area contributed by atoms with Crippen molar-refractivity contribution >= 4 is 77.0 Å². The van der Waals surface area contributed by atoms with Crippen molar-refractivity contribution in [2.75, 3.05) is 9.80 Å². The Kier molecular flexibility index (Phi) is 7.88. The second-order valence-corrected chi connectivity index (χ2v) is 13.2. The molecule has 0 aliphatic rings. The smallest absolute Gasteiger partial charge is 0.452 e. The molecule has 0 atom stereocenters. The van der Waals surface area contributed by atoms with E-state index in [2.05, 4.69) is 4.90 Å². The highest BCUT2D eigenvalue weighted by Crippen LogP contribution is 2.50. The van der Waals surface area contributed by atoms with Crippen LogP contribution in [-0.4, -0.2) is 13.9 Å². The SMILES string of the molecule is O=S(=O)(Oc1ccc(N(c2ccccc2)c2ccccc2)c2c1oc1cc(N(c3ccccc3)c3ccccc3)c3ccccc3c12)C(F)(F)F. The number of nitrogens with zero attached hydrogens (tertiary/aromatic N) is 2. The minimum absolute atomic E-state index is 0.152. The molecule has 0 fully saturated rings. The molecule has 0 amide bonds. The first-order valence-electron chi connectivity index (χ1n) is 15.9. The lowest BCUT2D eigenvalue weighted by Crippen LogP contribution is -2.28. The number of benzene rings is 7. The van der Waals surface area contributed by atoms with Crippen LogP contribution in [0.1, 0.15) is 0 Å². The molecule has 0 spiro atoms. The second-order valence-electron chi connectivity index (χ2n) is 11.7. The lowest BCUT2D eigenvalue weighted by Gasteiger charge is -2.27. The predicted octanol–water partition coefficient (Wildman–Crippen LogP) is 11.9. The number of rotatable bonds is 8. The van der Waals surface area contributed by atoms with Gasteiger partial charge >= 0.3 is 15.6 Å². The third-order valence-corrected chi connectivity index (χ3v) is 9.54. The highest BCUT2D eigenvalue weighted by Gasteiger charge is 2.49. The molecular weight excluding hydrogens is 674 g/mol.